The average molecular weight is 525 g/mol. The second-order valence-electron chi connectivity index (χ2n) is 10.9. The summed E-state index contributed by atoms with van der Waals surface area (Å²) in [6, 6.07) is 12.8. The molecule has 0 aliphatic carbocycles. The Bertz CT molecular complexity index is 893. The van der Waals surface area contributed by atoms with Crippen molar-refractivity contribution in [3.05, 3.63) is 58.7 Å². The Balaban J connectivity index is 2.58. The summed E-state index contributed by atoms with van der Waals surface area (Å²) in [6.07, 6.45) is 0. The van der Waals surface area contributed by atoms with Gasteiger partial charge in [-0.3, -0.25) is 0 Å². The van der Waals surface area contributed by atoms with E-state index >= 15 is 0 Å². The molecule has 0 spiro atoms. The van der Waals surface area contributed by atoms with E-state index in [9.17, 15) is 0 Å². The summed E-state index contributed by atoms with van der Waals surface area (Å²) in [5.74, 6) is 1.55. The van der Waals surface area contributed by atoms with Crippen molar-refractivity contribution in [3.8, 4) is 11.5 Å². The van der Waals surface area contributed by atoms with Gasteiger partial charge >= 0.3 is 17.2 Å². The third kappa shape index (κ3) is 7.38. The van der Waals surface area contributed by atoms with Gasteiger partial charge in [0, 0.05) is 45.0 Å². The molecule has 0 heterocycles. The maximum atomic E-state index is 6.06. The highest BCUT2D eigenvalue weighted by Gasteiger charge is 2.31. The average Bonchev–Trinajstić information content (AvgIpc) is 2.79. The Hall–Kier alpha value is -1.26. The first-order valence-corrected chi connectivity index (χ1v) is 13.8. The molecule has 0 aliphatic rings. The Labute approximate surface area is 214 Å². The van der Waals surface area contributed by atoms with Crippen molar-refractivity contribution < 1.29 is 27.1 Å². The van der Waals surface area contributed by atoms with Gasteiger partial charge in [0.1, 0.15) is 11.5 Å². The molecule has 0 radical (unpaired) electrons. The lowest BCUT2D eigenvalue weighted by Crippen LogP contribution is -2.23. The molecule has 6 nitrogen and oxygen atoms in total. The van der Waals surface area contributed by atoms with Crippen molar-refractivity contribution >= 4 is 17.2 Å². The van der Waals surface area contributed by atoms with Gasteiger partial charge in [-0.2, -0.15) is 0 Å². The predicted molar refractivity (Wildman–Crippen MR) is 146 cm³/mol. The van der Waals surface area contributed by atoms with Gasteiger partial charge in [0.2, 0.25) is 0 Å². The topological polar surface area (TPSA) is 55.4 Å². The molecule has 0 N–H and O–H groups in total. The lowest BCUT2D eigenvalue weighted by Gasteiger charge is -2.32. The van der Waals surface area contributed by atoms with E-state index in [4.69, 9.17) is 27.1 Å². The van der Waals surface area contributed by atoms with Gasteiger partial charge in [-0.05, 0) is 34.1 Å². The second kappa shape index (κ2) is 11.9. The zero-order valence-corrected chi connectivity index (χ0v) is 25.1. The maximum Gasteiger partial charge on any atom is 0.396 e. The van der Waals surface area contributed by atoms with Crippen molar-refractivity contribution in [1.82, 2.24) is 0 Å². The normalized spacial score (nSPS) is 13.0. The van der Waals surface area contributed by atoms with Crippen molar-refractivity contribution in [2.75, 3.05) is 28.4 Å². The SMILES string of the molecule is COP(OC)Oc1ccc(C(C)(C)c2ccc(OP(OC)OC)c(C(C)(C)C)c2)cc1C(C)(C)C. The fraction of sp³-hybridized carbons (Fsp3) is 0.556. The van der Waals surface area contributed by atoms with Gasteiger partial charge in [0.25, 0.3) is 0 Å². The van der Waals surface area contributed by atoms with Gasteiger partial charge in [-0.25, -0.2) is 0 Å². The van der Waals surface area contributed by atoms with Gasteiger partial charge < -0.3 is 27.1 Å². The van der Waals surface area contributed by atoms with Crippen LogP contribution in [0.4, 0.5) is 0 Å². The monoisotopic (exact) mass is 524 g/mol. The summed E-state index contributed by atoms with van der Waals surface area (Å²) in [5.41, 5.74) is 4.07. The minimum absolute atomic E-state index is 0.129. The highest BCUT2D eigenvalue weighted by atomic mass is 31.2. The Morgan fingerprint density at radius 3 is 1.09 bits per heavy atom. The van der Waals surface area contributed by atoms with Crippen LogP contribution in [0.3, 0.4) is 0 Å². The number of hydrogen-bond acceptors (Lipinski definition) is 6. The number of hydrogen-bond donors (Lipinski definition) is 0. The van der Waals surface area contributed by atoms with Crippen molar-refractivity contribution in [1.29, 1.82) is 0 Å². The van der Waals surface area contributed by atoms with Gasteiger partial charge in [0.05, 0.1) is 0 Å². The largest absolute Gasteiger partial charge is 0.426 e. The smallest absolute Gasteiger partial charge is 0.396 e. The zero-order chi connectivity index (χ0) is 26.6. The summed E-state index contributed by atoms with van der Waals surface area (Å²) < 4.78 is 33.4. The first-order valence-electron chi connectivity index (χ1n) is 11.6. The molecule has 2 aromatic carbocycles. The van der Waals surface area contributed by atoms with Gasteiger partial charge in [-0.15, -0.1) is 0 Å². The van der Waals surface area contributed by atoms with Crippen LogP contribution in [-0.4, -0.2) is 28.4 Å². The molecular formula is C27H42O6P2. The molecule has 2 aromatic rings. The van der Waals surface area contributed by atoms with Crippen LogP contribution in [0.2, 0.25) is 0 Å². The minimum Gasteiger partial charge on any atom is -0.426 e. The summed E-state index contributed by atoms with van der Waals surface area (Å²) in [6.45, 7) is 17.6. The molecule has 0 saturated carbocycles. The minimum atomic E-state index is -1.44. The molecule has 0 saturated heterocycles. The van der Waals surface area contributed by atoms with Crippen LogP contribution >= 0.6 is 17.2 Å². The highest BCUT2D eigenvalue weighted by Crippen LogP contribution is 2.47. The standard InChI is InChI=1S/C27H42O6P2/c1-25(2,3)21-17-19(13-15-23(21)32-34(28-9)29-10)27(7,8)20-14-16-24(33-35(30-11)31-12)22(18-20)26(4,5)6/h13-18H,1-12H3. The van der Waals surface area contributed by atoms with Crippen molar-refractivity contribution in [2.45, 2.75) is 71.6 Å². The molecule has 196 valence electrons. The van der Waals surface area contributed by atoms with E-state index < -0.39 is 17.2 Å². The van der Waals surface area contributed by atoms with E-state index in [1.165, 1.54) is 11.1 Å². The summed E-state index contributed by atoms with van der Waals surface area (Å²) in [5, 5.41) is 0. The maximum absolute atomic E-state index is 6.06. The van der Waals surface area contributed by atoms with Crippen LogP contribution in [0.5, 0.6) is 11.5 Å². The molecule has 35 heavy (non-hydrogen) atoms. The van der Waals surface area contributed by atoms with Crippen LogP contribution in [0.15, 0.2) is 36.4 Å². The number of rotatable bonds is 10. The Morgan fingerprint density at radius 2 is 0.829 bits per heavy atom. The van der Waals surface area contributed by atoms with Crippen molar-refractivity contribution in [3.63, 3.8) is 0 Å². The van der Waals surface area contributed by atoms with E-state index in [1.807, 2.05) is 12.1 Å². The third-order valence-electron chi connectivity index (χ3n) is 5.96. The molecule has 8 heteroatoms. The second-order valence-corrected chi connectivity index (χ2v) is 13.6. The van der Waals surface area contributed by atoms with E-state index in [0.29, 0.717) is 0 Å². The molecule has 0 amide bonds. The van der Waals surface area contributed by atoms with E-state index in [2.05, 4.69) is 79.7 Å². The van der Waals surface area contributed by atoms with Crippen LogP contribution in [0, 0.1) is 0 Å². The summed E-state index contributed by atoms with van der Waals surface area (Å²) >= 11 is 0. The molecule has 2 rings (SSSR count). The molecule has 0 unspecified atom stereocenters. The quantitative estimate of drug-likeness (QED) is 0.291. The van der Waals surface area contributed by atoms with Crippen LogP contribution < -0.4 is 9.05 Å². The Morgan fingerprint density at radius 1 is 0.514 bits per heavy atom. The molecule has 0 atom stereocenters. The van der Waals surface area contributed by atoms with E-state index in [-0.39, 0.29) is 16.2 Å². The van der Waals surface area contributed by atoms with Crippen LogP contribution in [0.25, 0.3) is 0 Å². The fourth-order valence-corrected chi connectivity index (χ4v) is 5.03. The van der Waals surface area contributed by atoms with Crippen molar-refractivity contribution in [2.24, 2.45) is 0 Å². The van der Waals surface area contributed by atoms with Crippen LogP contribution in [-0.2, 0) is 34.3 Å². The first-order chi connectivity index (χ1) is 16.2. The van der Waals surface area contributed by atoms with Gasteiger partial charge in [0.15, 0.2) is 0 Å². The molecule has 0 fully saturated rings. The molecule has 0 bridgehead atoms. The third-order valence-corrected chi connectivity index (χ3v) is 7.84. The highest BCUT2D eigenvalue weighted by molar-refractivity contribution is 7.42. The molecule has 0 aromatic heterocycles. The lowest BCUT2D eigenvalue weighted by molar-refractivity contribution is 0.274. The van der Waals surface area contributed by atoms with E-state index in [0.717, 1.165) is 22.6 Å². The zero-order valence-electron chi connectivity index (χ0n) is 23.3. The molecular weight excluding hydrogens is 482 g/mol. The lowest BCUT2D eigenvalue weighted by atomic mass is 9.73. The number of benzene rings is 2. The summed E-state index contributed by atoms with van der Waals surface area (Å²) in [4.78, 5) is 0. The predicted octanol–water partition coefficient (Wildman–Crippen LogP) is 8.40. The van der Waals surface area contributed by atoms with Gasteiger partial charge in [-0.1, -0.05) is 79.7 Å². The fourth-order valence-electron chi connectivity index (χ4n) is 3.79. The summed E-state index contributed by atoms with van der Waals surface area (Å²) in [7, 11) is 3.47. The first kappa shape index (κ1) is 30.0. The Kier molecular flexibility index (Phi) is 10.2. The molecule has 0 aliphatic heterocycles. The van der Waals surface area contributed by atoms with Crippen LogP contribution in [0.1, 0.15) is 77.6 Å². The van der Waals surface area contributed by atoms with E-state index in [1.54, 1.807) is 28.4 Å².